The van der Waals surface area contributed by atoms with E-state index in [-0.39, 0.29) is 0 Å². The van der Waals surface area contributed by atoms with Crippen molar-refractivity contribution in [3.05, 3.63) is 40.5 Å². The zero-order chi connectivity index (χ0) is 17.3. The summed E-state index contributed by atoms with van der Waals surface area (Å²) in [6.07, 6.45) is 1.64. The quantitative estimate of drug-likeness (QED) is 0.702. The van der Waals surface area contributed by atoms with E-state index in [9.17, 15) is 0 Å². The first kappa shape index (κ1) is 16.5. The Morgan fingerprint density at radius 1 is 1.08 bits per heavy atom. The van der Waals surface area contributed by atoms with E-state index in [0.717, 1.165) is 39.6 Å². The number of methoxy groups -OCH3 is 2. The highest BCUT2D eigenvalue weighted by atomic mass is 32.1. The third-order valence-corrected chi connectivity index (χ3v) is 5.29. The number of anilines is 1. The molecule has 24 heavy (non-hydrogen) atoms. The summed E-state index contributed by atoms with van der Waals surface area (Å²) in [5.74, 6) is 2.42. The minimum Gasteiger partial charge on any atom is -0.493 e. The van der Waals surface area contributed by atoms with Gasteiger partial charge in [-0.1, -0.05) is 6.07 Å². The summed E-state index contributed by atoms with van der Waals surface area (Å²) < 4.78 is 10.7. The van der Waals surface area contributed by atoms with Crippen LogP contribution in [0.25, 0.3) is 10.2 Å². The molecule has 1 aromatic carbocycles. The standard InChI is InChI=1S/C18H21N3O2S/c1-11-12(2)24-18-16(11)17(19-10-20-18)21(3)9-13-6-7-14(22-4)15(8-13)23-5/h6-8,10H,9H2,1-5H3. The molecule has 0 fully saturated rings. The van der Waals surface area contributed by atoms with Crippen molar-refractivity contribution < 1.29 is 9.47 Å². The highest BCUT2D eigenvalue weighted by Gasteiger charge is 2.15. The molecule has 0 aliphatic rings. The maximum Gasteiger partial charge on any atom is 0.161 e. The van der Waals surface area contributed by atoms with Crippen molar-refractivity contribution in [2.24, 2.45) is 0 Å². The number of rotatable bonds is 5. The highest BCUT2D eigenvalue weighted by molar-refractivity contribution is 7.18. The second-order valence-electron chi connectivity index (χ2n) is 5.71. The summed E-state index contributed by atoms with van der Waals surface area (Å²) in [4.78, 5) is 13.4. The lowest BCUT2D eigenvalue weighted by molar-refractivity contribution is 0.354. The normalized spacial score (nSPS) is 10.9. The van der Waals surface area contributed by atoms with Crippen molar-refractivity contribution in [3.8, 4) is 11.5 Å². The Morgan fingerprint density at radius 2 is 1.83 bits per heavy atom. The summed E-state index contributed by atoms with van der Waals surface area (Å²) >= 11 is 1.71. The summed E-state index contributed by atoms with van der Waals surface area (Å²) in [5, 5.41) is 1.14. The summed E-state index contributed by atoms with van der Waals surface area (Å²) in [6, 6.07) is 5.97. The van der Waals surface area contributed by atoms with Gasteiger partial charge in [-0.2, -0.15) is 0 Å². The summed E-state index contributed by atoms with van der Waals surface area (Å²) in [5.41, 5.74) is 2.39. The van der Waals surface area contributed by atoms with Crippen molar-refractivity contribution in [1.82, 2.24) is 9.97 Å². The lowest BCUT2D eigenvalue weighted by Gasteiger charge is -2.20. The fourth-order valence-corrected chi connectivity index (χ4v) is 3.77. The number of thiophene rings is 1. The fourth-order valence-electron chi connectivity index (χ4n) is 2.78. The van der Waals surface area contributed by atoms with Crippen molar-refractivity contribution in [1.29, 1.82) is 0 Å². The van der Waals surface area contributed by atoms with Gasteiger partial charge < -0.3 is 14.4 Å². The molecule has 0 spiro atoms. The van der Waals surface area contributed by atoms with E-state index in [2.05, 4.69) is 28.7 Å². The van der Waals surface area contributed by atoms with E-state index in [1.807, 2.05) is 25.2 Å². The predicted octanol–water partition coefficient (Wildman–Crippen LogP) is 3.96. The first-order valence-corrected chi connectivity index (χ1v) is 8.49. The molecule has 0 aliphatic carbocycles. The van der Waals surface area contributed by atoms with E-state index in [0.29, 0.717) is 0 Å². The molecule has 0 amide bonds. The molecule has 0 radical (unpaired) electrons. The smallest absolute Gasteiger partial charge is 0.161 e. The minimum atomic E-state index is 0.723. The number of hydrogen-bond acceptors (Lipinski definition) is 6. The molecule has 5 nitrogen and oxygen atoms in total. The van der Waals surface area contributed by atoms with Crippen LogP contribution in [0.2, 0.25) is 0 Å². The molecule has 0 bridgehead atoms. The van der Waals surface area contributed by atoms with Crippen LogP contribution in [0.15, 0.2) is 24.5 Å². The second kappa shape index (κ2) is 6.65. The Bertz CT molecular complexity index is 876. The topological polar surface area (TPSA) is 47.5 Å². The van der Waals surface area contributed by atoms with E-state index in [1.54, 1.807) is 31.9 Å². The number of benzene rings is 1. The molecule has 3 rings (SSSR count). The third-order valence-electron chi connectivity index (χ3n) is 4.17. The maximum absolute atomic E-state index is 5.39. The minimum absolute atomic E-state index is 0.723. The zero-order valence-electron chi connectivity index (χ0n) is 14.6. The Balaban J connectivity index is 1.94. The third kappa shape index (κ3) is 2.89. The molecular weight excluding hydrogens is 322 g/mol. The van der Waals surface area contributed by atoms with Gasteiger partial charge >= 0.3 is 0 Å². The van der Waals surface area contributed by atoms with Gasteiger partial charge in [-0.25, -0.2) is 9.97 Å². The van der Waals surface area contributed by atoms with Gasteiger partial charge in [0, 0.05) is 18.5 Å². The molecule has 2 heterocycles. The number of aromatic nitrogens is 2. The van der Waals surface area contributed by atoms with Crippen LogP contribution in [0.5, 0.6) is 11.5 Å². The van der Waals surface area contributed by atoms with Crippen molar-refractivity contribution in [2.75, 3.05) is 26.2 Å². The molecular formula is C18H21N3O2S. The predicted molar refractivity (Wildman–Crippen MR) is 98.5 cm³/mol. The van der Waals surface area contributed by atoms with Gasteiger partial charge in [0.15, 0.2) is 11.5 Å². The van der Waals surface area contributed by atoms with Gasteiger partial charge in [0.1, 0.15) is 17.0 Å². The Hall–Kier alpha value is -2.34. The van der Waals surface area contributed by atoms with E-state index in [1.165, 1.54) is 10.4 Å². The summed E-state index contributed by atoms with van der Waals surface area (Å²) in [6.45, 7) is 4.98. The molecule has 0 unspecified atom stereocenters. The van der Waals surface area contributed by atoms with Gasteiger partial charge in [-0.15, -0.1) is 11.3 Å². The average molecular weight is 343 g/mol. The van der Waals surface area contributed by atoms with Crippen LogP contribution in [0.3, 0.4) is 0 Å². The lowest BCUT2D eigenvalue weighted by Crippen LogP contribution is -2.18. The van der Waals surface area contributed by atoms with Crippen LogP contribution < -0.4 is 14.4 Å². The number of ether oxygens (including phenoxy) is 2. The first-order valence-electron chi connectivity index (χ1n) is 7.68. The second-order valence-corrected chi connectivity index (χ2v) is 6.91. The monoisotopic (exact) mass is 343 g/mol. The molecule has 6 heteroatoms. The van der Waals surface area contributed by atoms with Gasteiger partial charge in [-0.05, 0) is 37.1 Å². The molecule has 2 aromatic heterocycles. The first-order chi connectivity index (χ1) is 11.5. The Labute approximate surface area is 145 Å². The van der Waals surface area contributed by atoms with Crippen LogP contribution in [-0.4, -0.2) is 31.2 Å². The Kier molecular flexibility index (Phi) is 4.57. The average Bonchev–Trinajstić information content (AvgIpc) is 2.89. The number of hydrogen-bond donors (Lipinski definition) is 0. The van der Waals surface area contributed by atoms with Crippen LogP contribution in [0.4, 0.5) is 5.82 Å². The zero-order valence-corrected chi connectivity index (χ0v) is 15.4. The fraction of sp³-hybridized carbons (Fsp3) is 0.333. The molecule has 0 atom stereocenters. The molecule has 0 N–H and O–H groups in total. The van der Waals surface area contributed by atoms with Gasteiger partial charge in [-0.3, -0.25) is 0 Å². The molecule has 0 saturated heterocycles. The summed E-state index contributed by atoms with van der Waals surface area (Å²) in [7, 11) is 5.34. The van der Waals surface area contributed by atoms with Crippen LogP contribution in [0, 0.1) is 13.8 Å². The molecule has 3 aromatic rings. The largest absolute Gasteiger partial charge is 0.493 e. The van der Waals surface area contributed by atoms with Crippen molar-refractivity contribution >= 4 is 27.4 Å². The van der Waals surface area contributed by atoms with Gasteiger partial charge in [0.25, 0.3) is 0 Å². The van der Waals surface area contributed by atoms with Gasteiger partial charge in [0.2, 0.25) is 0 Å². The van der Waals surface area contributed by atoms with E-state index < -0.39 is 0 Å². The molecule has 0 saturated carbocycles. The highest BCUT2D eigenvalue weighted by Crippen LogP contribution is 2.34. The molecule has 0 aliphatic heterocycles. The van der Waals surface area contributed by atoms with Crippen LogP contribution in [0.1, 0.15) is 16.0 Å². The van der Waals surface area contributed by atoms with E-state index in [4.69, 9.17) is 9.47 Å². The van der Waals surface area contributed by atoms with Crippen molar-refractivity contribution in [3.63, 3.8) is 0 Å². The number of nitrogens with zero attached hydrogens (tertiary/aromatic N) is 3. The van der Waals surface area contributed by atoms with Crippen molar-refractivity contribution in [2.45, 2.75) is 20.4 Å². The number of aryl methyl sites for hydroxylation is 2. The van der Waals surface area contributed by atoms with Gasteiger partial charge in [0.05, 0.1) is 19.6 Å². The maximum atomic E-state index is 5.39. The molecule has 126 valence electrons. The number of fused-ring (bicyclic) bond motifs is 1. The Morgan fingerprint density at radius 3 is 2.54 bits per heavy atom. The van der Waals surface area contributed by atoms with E-state index >= 15 is 0 Å². The van der Waals surface area contributed by atoms with Crippen LogP contribution in [-0.2, 0) is 6.54 Å². The SMILES string of the molecule is COc1ccc(CN(C)c2ncnc3sc(C)c(C)c23)cc1OC. The lowest BCUT2D eigenvalue weighted by atomic mass is 10.1. The van der Waals surface area contributed by atoms with Crippen LogP contribution >= 0.6 is 11.3 Å².